The van der Waals surface area contributed by atoms with Crippen LogP contribution in [0.2, 0.25) is 0 Å². The van der Waals surface area contributed by atoms with Crippen molar-refractivity contribution in [2.75, 3.05) is 6.54 Å². The lowest BCUT2D eigenvalue weighted by atomic mass is 9.90. The van der Waals surface area contributed by atoms with Crippen LogP contribution in [0.15, 0.2) is 71.6 Å². The molecule has 0 amide bonds. The van der Waals surface area contributed by atoms with E-state index in [0.717, 1.165) is 44.4 Å². The van der Waals surface area contributed by atoms with E-state index in [1.165, 1.54) is 0 Å². The predicted octanol–water partition coefficient (Wildman–Crippen LogP) is 5.43. The molecule has 4 aromatic rings. The highest BCUT2D eigenvalue weighted by Gasteiger charge is 2.39. The summed E-state index contributed by atoms with van der Waals surface area (Å²) in [7, 11) is -3.67. The molecule has 1 N–H and O–H groups in total. The van der Waals surface area contributed by atoms with Crippen molar-refractivity contribution in [1.82, 2.24) is 9.29 Å². The highest BCUT2D eigenvalue weighted by atomic mass is 32.2. The van der Waals surface area contributed by atoms with Crippen molar-refractivity contribution in [3.8, 4) is 0 Å². The number of hydrogen-bond acceptors (Lipinski definition) is 2. The van der Waals surface area contributed by atoms with Gasteiger partial charge in [-0.3, -0.25) is 0 Å². The van der Waals surface area contributed by atoms with E-state index in [1.807, 2.05) is 31.2 Å². The van der Waals surface area contributed by atoms with Crippen molar-refractivity contribution in [1.29, 1.82) is 0 Å². The SMILES string of the molecule is Cc1ccc(S(=O)(=O)N2CCc3[nH]c4ccccc4c3C2c2cc(C)cc(C)c2)cc1. The molecule has 5 heteroatoms. The number of aromatic amines is 1. The first-order valence-electron chi connectivity index (χ1n) is 10.6. The van der Waals surface area contributed by atoms with Crippen LogP contribution in [-0.2, 0) is 16.4 Å². The number of hydrogen-bond donors (Lipinski definition) is 1. The third-order valence-electron chi connectivity index (χ3n) is 6.16. The van der Waals surface area contributed by atoms with Crippen LogP contribution < -0.4 is 0 Å². The Kier molecular flexibility index (Phi) is 4.76. The fraction of sp³-hybridized carbons (Fsp3) is 0.231. The van der Waals surface area contributed by atoms with Crippen LogP contribution in [0, 0.1) is 20.8 Å². The molecule has 0 bridgehead atoms. The molecule has 4 nitrogen and oxygen atoms in total. The molecule has 5 rings (SSSR count). The zero-order valence-corrected chi connectivity index (χ0v) is 18.8. The standard InChI is InChI=1S/C26H26N2O2S/c1-17-8-10-21(11-9-17)31(29,30)28-13-12-24-25(22-6-4-5-7-23(22)27-24)26(28)20-15-18(2)14-19(3)16-20/h4-11,14-16,26-27H,12-13H2,1-3H3. The van der Waals surface area contributed by atoms with Gasteiger partial charge in [-0.25, -0.2) is 8.42 Å². The van der Waals surface area contributed by atoms with Gasteiger partial charge in [0.05, 0.1) is 10.9 Å². The Morgan fingerprint density at radius 2 is 1.55 bits per heavy atom. The summed E-state index contributed by atoms with van der Waals surface area (Å²) in [6.07, 6.45) is 0.663. The zero-order valence-electron chi connectivity index (χ0n) is 18.0. The van der Waals surface area contributed by atoms with Crippen LogP contribution >= 0.6 is 0 Å². The van der Waals surface area contributed by atoms with Gasteiger partial charge in [-0.15, -0.1) is 0 Å². The first kappa shape index (κ1) is 20.0. The van der Waals surface area contributed by atoms with E-state index in [-0.39, 0.29) is 6.04 Å². The lowest BCUT2D eigenvalue weighted by Gasteiger charge is -2.36. The fourth-order valence-corrected chi connectivity index (χ4v) is 6.42. The largest absolute Gasteiger partial charge is 0.358 e. The number of aryl methyl sites for hydroxylation is 3. The molecule has 158 valence electrons. The van der Waals surface area contributed by atoms with E-state index < -0.39 is 10.0 Å². The summed E-state index contributed by atoms with van der Waals surface area (Å²) in [4.78, 5) is 3.89. The molecule has 1 aliphatic heterocycles. The monoisotopic (exact) mass is 430 g/mol. The highest BCUT2D eigenvalue weighted by molar-refractivity contribution is 7.89. The quantitative estimate of drug-likeness (QED) is 0.471. The van der Waals surface area contributed by atoms with E-state index in [0.29, 0.717) is 17.9 Å². The molecule has 2 heterocycles. The minimum atomic E-state index is -3.67. The molecular weight excluding hydrogens is 404 g/mol. The van der Waals surface area contributed by atoms with Crippen molar-refractivity contribution in [3.05, 3.63) is 100 Å². The molecule has 0 saturated heterocycles. The molecule has 0 fully saturated rings. The number of rotatable bonds is 3. The maximum atomic E-state index is 13.8. The highest BCUT2D eigenvalue weighted by Crippen LogP contribution is 2.42. The maximum absolute atomic E-state index is 13.8. The van der Waals surface area contributed by atoms with Gasteiger partial charge in [-0.2, -0.15) is 4.31 Å². The molecule has 1 atom stereocenters. The summed E-state index contributed by atoms with van der Waals surface area (Å²) in [5, 5.41) is 1.09. The molecule has 3 aromatic carbocycles. The second-order valence-electron chi connectivity index (χ2n) is 8.57. The number of sulfonamides is 1. The Balaban J connectivity index is 1.76. The van der Waals surface area contributed by atoms with Gasteiger partial charge in [0, 0.05) is 35.1 Å². The Hall–Kier alpha value is -2.89. The van der Waals surface area contributed by atoms with Crippen molar-refractivity contribution in [3.63, 3.8) is 0 Å². The number of nitrogens with zero attached hydrogens (tertiary/aromatic N) is 1. The molecule has 1 unspecified atom stereocenters. The first-order valence-corrected chi connectivity index (χ1v) is 12.0. The molecular formula is C26H26N2O2S. The predicted molar refractivity (Wildman–Crippen MR) is 125 cm³/mol. The van der Waals surface area contributed by atoms with Crippen molar-refractivity contribution >= 4 is 20.9 Å². The number of nitrogens with one attached hydrogen (secondary N) is 1. The molecule has 1 aliphatic rings. The Labute approximate surface area is 183 Å². The van der Waals surface area contributed by atoms with Gasteiger partial charge < -0.3 is 4.98 Å². The number of H-pyrrole nitrogens is 1. The molecule has 0 saturated carbocycles. The van der Waals surface area contributed by atoms with Crippen LogP contribution in [0.25, 0.3) is 10.9 Å². The third-order valence-corrected chi connectivity index (χ3v) is 8.04. The van der Waals surface area contributed by atoms with E-state index in [9.17, 15) is 8.42 Å². The zero-order chi connectivity index (χ0) is 21.8. The maximum Gasteiger partial charge on any atom is 0.243 e. The summed E-state index contributed by atoms with van der Waals surface area (Å²) in [6.45, 7) is 6.53. The van der Waals surface area contributed by atoms with Crippen LogP contribution in [0.3, 0.4) is 0 Å². The van der Waals surface area contributed by atoms with Gasteiger partial charge in [0.2, 0.25) is 10.0 Å². The fourth-order valence-electron chi connectivity index (χ4n) is 4.83. The van der Waals surface area contributed by atoms with E-state index >= 15 is 0 Å². The topological polar surface area (TPSA) is 53.2 Å². The average Bonchev–Trinajstić information content (AvgIpc) is 3.11. The van der Waals surface area contributed by atoms with Gasteiger partial charge in [0.25, 0.3) is 0 Å². The minimum absolute atomic E-state index is 0.343. The molecule has 0 aliphatic carbocycles. The number of benzene rings is 3. The third kappa shape index (κ3) is 3.38. The van der Waals surface area contributed by atoms with Crippen molar-refractivity contribution in [2.45, 2.75) is 38.1 Å². The minimum Gasteiger partial charge on any atom is -0.358 e. The Morgan fingerprint density at radius 3 is 2.26 bits per heavy atom. The molecule has 31 heavy (non-hydrogen) atoms. The van der Waals surface area contributed by atoms with Gasteiger partial charge >= 0.3 is 0 Å². The van der Waals surface area contributed by atoms with Crippen LogP contribution in [0.4, 0.5) is 0 Å². The van der Waals surface area contributed by atoms with Crippen molar-refractivity contribution in [2.24, 2.45) is 0 Å². The second kappa shape index (κ2) is 7.36. The summed E-state index contributed by atoms with van der Waals surface area (Å²) >= 11 is 0. The normalized spacial score (nSPS) is 17.1. The summed E-state index contributed by atoms with van der Waals surface area (Å²) in [5.41, 5.74) is 7.57. The van der Waals surface area contributed by atoms with E-state index in [1.54, 1.807) is 16.4 Å². The van der Waals surface area contributed by atoms with E-state index in [2.05, 4.69) is 49.2 Å². The van der Waals surface area contributed by atoms with Gasteiger partial charge in [-0.1, -0.05) is 65.2 Å². The molecule has 1 aromatic heterocycles. The Bertz CT molecular complexity index is 1360. The molecule has 0 spiro atoms. The number of para-hydroxylation sites is 1. The lowest BCUT2D eigenvalue weighted by molar-refractivity contribution is 0.344. The van der Waals surface area contributed by atoms with Gasteiger partial charge in [-0.05, 0) is 44.5 Å². The second-order valence-corrected chi connectivity index (χ2v) is 10.5. The molecule has 0 radical (unpaired) electrons. The lowest BCUT2D eigenvalue weighted by Crippen LogP contribution is -2.40. The van der Waals surface area contributed by atoms with Crippen LogP contribution in [-0.4, -0.2) is 24.3 Å². The first-order chi connectivity index (χ1) is 14.8. The summed E-state index contributed by atoms with van der Waals surface area (Å²) in [6, 6.07) is 21.3. The van der Waals surface area contributed by atoms with E-state index in [4.69, 9.17) is 0 Å². The van der Waals surface area contributed by atoms with Gasteiger partial charge in [0.15, 0.2) is 0 Å². The van der Waals surface area contributed by atoms with Crippen molar-refractivity contribution < 1.29 is 8.42 Å². The smallest absolute Gasteiger partial charge is 0.243 e. The average molecular weight is 431 g/mol. The van der Waals surface area contributed by atoms with Gasteiger partial charge in [0.1, 0.15) is 0 Å². The van der Waals surface area contributed by atoms with Crippen LogP contribution in [0.5, 0.6) is 0 Å². The summed E-state index contributed by atoms with van der Waals surface area (Å²) < 4.78 is 29.4. The Morgan fingerprint density at radius 1 is 0.871 bits per heavy atom. The van der Waals surface area contributed by atoms with Crippen LogP contribution in [0.1, 0.15) is 39.6 Å². The number of aromatic nitrogens is 1. The number of fused-ring (bicyclic) bond motifs is 3. The summed E-state index contributed by atoms with van der Waals surface area (Å²) in [5.74, 6) is 0.